The van der Waals surface area contributed by atoms with Crippen LogP contribution in [0.4, 0.5) is 5.82 Å². The van der Waals surface area contributed by atoms with Gasteiger partial charge < -0.3 is 10.6 Å². The number of carbonyl (C=O) groups is 1. The molecule has 0 bridgehead atoms. The summed E-state index contributed by atoms with van der Waals surface area (Å²) in [7, 11) is 1.81. The topological polar surface area (TPSA) is 71.8 Å². The van der Waals surface area contributed by atoms with Crippen molar-refractivity contribution in [2.45, 2.75) is 19.3 Å². The van der Waals surface area contributed by atoms with Crippen LogP contribution in [-0.4, -0.2) is 33.8 Å². The third kappa shape index (κ3) is 5.43. The highest BCUT2D eigenvalue weighted by Crippen LogP contribution is 2.20. The molecule has 4 rings (SSSR count). The van der Waals surface area contributed by atoms with Crippen molar-refractivity contribution in [2.24, 2.45) is 13.0 Å². The lowest BCUT2D eigenvalue weighted by Gasteiger charge is -2.09. The maximum absolute atomic E-state index is 12.5. The van der Waals surface area contributed by atoms with Gasteiger partial charge in [0.25, 0.3) is 0 Å². The van der Waals surface area contributed by atoms with Crippen molar-refractivity contribution in [1.82, 2.24) is 20.1 Å². The van der Waals surface area contributed by atoms with Gasteiger partial charge in [-0.3, -0.25) is 14.5 Å². The first kappa shape index (κ1) is 21.0. The number of anilines is 1. The van der Waals surface area contributed by atoms with Gasteiger partial charge in [0.1, 0.15) is 11.5 Å². The number of nitrogens with one attached hydrogen (secondary N) is 2. The molecule has 1 fully saturated rings. The van der Waals surface area contributed by atoms with Crippen LogP contribution in [0.5, 0.6) is 0 Å². The lowest BCUT2D eigenvalue weighted by Crippen LogP contribution is -2.16. The van der Waals surface area contributed by atoms with Crippen molar-refractivity contribution >= 4 is 24.1 Å². The van der Waals surface area contributed by atoms with E-state index in [2.05, 4.69) is 45.0 Å². The number of pyridine rings is 1. The van der Waals surface area contributed by atoms with E-state index in [1.54, 1.807) is 10.9 Å². The Morgan fingerprint density at radius 3 is 2.66 bits per heavy atom. The molecule has 1 aromatic carbocycles. The monoisotopic (exact) mass is 411 g/mol. The van der Waals surface area contributed by atoms with Gasteiger partial charge in [0, 0.05) is 19.3 Å². The third-order valence-corrected chi connectivity index (χ3v) is 5.15. The van der Waals surface area contributed by atoms with Gasteiger partial charge >= 0.3 is 0 Å². The van der Waals surface area contributed by atoms with Crippen LogP contribution in [0.15, 0.2) is 54.7 Å². The zero-order chi connectivity index (χ0) is 19.3. The number of halogens is 1. The molecule has 1 unspecified atom stereocenters. The molecule has 0 spiro atoms. The van der Waals surface area contributed by atoms with E-state index in [1.165, 1.54) is 12.0 Å². The van der Waals surface area contributed by atoms with Crippen molar-refractivity contribution < 1.29 is 4.79 Å². The van der Waals surface area contributed by atoms with Crippen molar-refractivity contribution in [3.05, 3.63) is 65.9 Å². The van der Waals surface area contributed by atoms with Gasteiger partial charge in [-0.05, 0) is 55.1 Å². The van der Waals surface area contributed by atoms with Crippen LogP contribution < -0.4 is 10.6 Å². The largest absolute Gasteiger partial charge is 0.316 e. The average Bonchev–Trinajstić information content (AvgIpc) is 3.34. The molecule has 2 aromatic heterocycles. The van der Waals surface area contributed by atoms with Gasteiger partial charge in [-0.15, -0.1) is 12.4 Å². The Morgan fingerprint density at radius 1 is 1.17 bits per heavy atom. The molecular formula is C22H26ClN5O. The summed E-state index contributed by atoms with van der Waals surface area (Å²) in [5.41, 5.74) is 3.87. The van der Waals surface area contributed by atoms with Crippen LogP contribution in [0.2, 0.25) is 0 Å². The molecule has 6 nitrogen and oxygen atoms in total. The number of rotatable bonds is 6. The molecule has 2 N–H and O–H groups in total. The lowest BCUT2D eigenvalue weighted by molar-refractivity contribution is -0.115. The molecule has 0 saturated carbocycles. The van der Waals surface area contributed by atoms with Crippen LogP contribution in [-0.2, 0) is 24.7 Å². The molecular weight excluding hydrogens is 386 g/mol. The second-order valence-electron chi connectivity index (χ2n) is 7.36. The van der Waals surface area contributed by atoms with E-state index in [9.17, 15) is 4.79 Å². The molecule has 1 amide bonds. The minimum absolute atomic E-state index is 0. The molecule has 7 heteroatoms. The van der Waals surface area contributed by atoms with Crippen molar-refractivity contribution in [3.8, 4) is 11.4 Å². The SMILES string of the molecule is Cl.Cn1nc(-c2ccccn2)cc1NC(=O)Cc1ccc(CC2CCNC2)cc1. The summed E-state index contributed by atoms with van der Waals surface area (Å²) in [5, 5.41) is 10.8. The van der Waals surface area contributed by atoms with Crippen LogP contribution in [0.3, 0.4) is 0 Å². The number of carbonyl (C=O) groups excluding carboxylic acids is 1. The summed E-state index contributed by atoms with van der Waals surface area (Å²) in [6, 6.07) is 15.9. The fourth-order valence-electron chi connectivity index (χ4n) is 3.61. The smallest absolute Gasteiger partial charge is 0.229 e. The average molecular weight is 412 g/mol. The first-order chi connectivity index (χ1) is 13.7. The lowest BCUT2D eigenvalue weighted by atomic mass is 9.97. The molecule has 3 aromatic rings. The van der Waals surface area contributed by atoms with Gasteiger partial charge in [-0.1, -0.05) is 30.3 Å². The van der Waals surface area contributed by atoms with Gasteiger partial charge in [0.2, 0.25) is 5.91 Å². The van der Waals surface area contributed by atoms with E-state index in [0.29, 0.717) is 12.2 Å². The Bertz CT molecular complexity index is 934. The van der Waals surface area contributed by atoms with E-state index in [4.69, 9.17) is 0 Å². The quantitative estimate of drug-likeness (QED) is 0.653. The summed E-state index contributed by atoms with van der Waals surface area (Å²) in [6.07, 6.45) is 4.42. The van der Waals surface area contributed by atoms with Gasteiger partial charge in [-0.2, -0.15) is 5.10 Å². The number of amides is 1. The number of aromatic nitrogens is 3. The van der Waals surface area contributed by atoms with E-state index >= 15 is 0 Å². The second-order valence-corrected chi connectivity index (χ2v) is 7.36. The third-order valence-electron chi connectivity index (χ3n) is 5.15. The molecule has 1 atom stereocenters. The summed E-state index contributed by atoms with van der Waals surface area (Å²) in [4.78, 5) is 16.8. The molecule has 1 aliphatic rings. The number of nitrogens with zero attached hydrogens (tertiary/aromatic N) is 3. The minimum atomic E-state index is -0.0525. The van der Waals surface area contributed by atoms with Crippen LogP contribution in [0.1, 0.15) is 17.5 Å². The van der Waals surface area contributed by atoms with E-state index in [-0.39, 0.29) is 18.3 Å². The molecule has 152 valence electrons. The van der Waals surface area contributed by atoms with Crippen molar-refractivity contribution in [2.75, 3.05) is 18.4 Å². The Morgan fingerprint density at radius 2 is 1.97 bits per heavy atom. The molecule has 29 heavy (non-hydrogen) atoms. The molecule has 3 heterocycles. The molecule has 1 aliphatic heterocycles. The summed E-state index contributed by atoms with van der Waals surface area (Å²) >= 11 is 0. The van der Waals surface area contributed by atoms with Gasteiger partial charge in [-0.25, -0.2) is 0 Å². The highest BCUT2D eigenvalue weighted by Gasteiger charge is 2.15. The second kappa shape index (κ2) is 9.67. The van der Waals surface area contributed by atoms with Crippen LogP contribution in [0, 0.1) is 5.92 Å². The fraction of sp³-hybridized carbons (Fsp3) is 0.318. The summed E-state index contributed by atoms with van der Waals surface area (Å²) < 4.78 is 1.67. The Kier molecular flexibility index (Phi) is 7.01. The Hall–Kier alpha value is -2.70. The zero-order valence-corrected chi connectivity index (χ0v) is 17.3. The fourth-order valence-corrected chi connectivity index (χ4v) is 3.61. The van der Waals surface area contributed by atoms with Crippen LogP contribution >= 0.6 is 12.4 Å². The van der Waals surface area contributed by atoms with Gasteiger partial charge in [0.15, 0.2) is 0 Å². The maximum atomic E-state index is 12.5. The first-order valence-electron chi connectivity index (χ1n) is 9.71. The highest BCUT2D eigenvalue weighted by molar-refractivity contribution is 5.92. The number of hydrogen-bond donors (Lipinski definition) is 2. The predicted molar refractivity (Wildman–Crippen MR) is 117 cm³/mol. The van der Waals surface area contributed by atoms with Gasteiger partial charge in [0.05, 0.1) is 12.1 Å². The number of benzene rings is 1. The predicted octanol–water partition coefficient (Wildman–Crippen LogP) is 3.24. The minimum Gasteiger partial charge on any atom is -0.316 e. The maximum Gasteiger partial charge on any atom is 0.229 e. The Balaban J connectivity index is 0.00000240. The Labute approximate surface area is 177 Å². The van der Waals surface area contributed by atoms with E-state index in [1.807, 2.05) is 31.3 Å². The first-order valence-corrected chi connectivity index (χ1v) is 9.71. The highest BCUT2D eigenvalue weighted by atomic mass is 35.5. The van der Waals surface area contributed by atoms with Crippen LogP contribution in [0.25, 0.3) is 11.4 Å². The van der Waals surface area contributed by atoms with E-state index < -0.39 is 0 Å². The normalized spacial score (nSPS) is 15.7. The number of hydrogen-bond acceptors (Lipinski definition) is 4. The zero-order valence-electron chi connectivity index (χ0n) is 16.5. The van der Waals surface area contributed by atoms with Crippen molar-refractivity contribution in [3.63, 3.8) is 0 Å². The summed E-state index contributed by atoms with van der Waals surface area (Å²) in [5.74, 6) is 1.34. The summed E-state index contributed by atoms with van der Waals surface area (Å²) in [6.45, 7) is 2.23. The van der Waals surface area contributed by atoms with Crippen molar-refractivity contribution in [1.29, 1.82) is 0 Å². The molecule has 1 saturated heterocycles. The standard InChI is InChI=1S/C22H25N5O.ClH/c1-27-21(14-20(26-27)19-4-2-3-10-24-19)25-22(28)13-17-7-5-16(6-8-17)12-18-9-11-23-15-18;/h2-8,10,14,18,23H,9,11-13,15H2,1H3,(H,25,28);1H. The molecule has 0 aliphatic carbocycles. The number of aryl methyl sites for hydroxylation is 1. The van der Waals surface area contributed by atoms with E-state index in [0.717, 1.165) is 42.4 Å². The molecule has 0 radical (unpaired) electrons.